The molecule has 23 aliphatic rings. The van der Waals surface area contributed by atoms with Gasteiger partial charge >= 0.3 is 0 Å². The zero-order chi connectivity index (χ0) is 58.7. The molecule has 2 radical (unpaired) electrons. The quantitative estimate of drug-likeness (QED) is 0.147. The van der Waals surface area contributed by atoms with E-state index in [0.717, 1.165) is 123 Å². The topological polar surface area (TPSA) is 0 Å². The van der Waals surface area contributed by atoms with Crippen LogP contribution < -0.4 is 0 Å². The van der Waals surface area contributed by atoms with Gasteiger partial charge in [-0.25, -0.2) is 0 Å². The molecule has 28 rings (SSSR count). The van der Waals surface area contributed by atoms with Crippen LogP contribution in [0.15, 0.2) is 120 Å². The maximum atomic E-state index is 6.09. The Bertz CT molecular complexity index is 3350. The van der Waals surface area contributed by atoms with Crippen molar-refractivity contribution < 1.29 is 65.4 Å². The van der Waals surface area contributed by atoms with E-state index in [1.165, 1.54) is 119 Å². The van der Waals surface area contributed by atoms with Crippen molar-refractivity contribution in [3.63, 3.8) is 0 Å². The molecule has 13 atom stereocenters. The zero-order valence-corrected chi connectivity index (χ0v) is 60.7. The summed E-state index contributed by atoms with van der Waals surface area (Å²) in [6, 6.07) is 37.0. The molecule has 0 saturated heterocycles. The molecule has 3 spiro atoms. The maximum absolute atomic E-state index is 6.09. The average Bonchev–Trinajstić information content (AvgIpc) is 1.63. The van der Waals surface area contributed by atoms with Crippen LogP contribution in [0.25, 0.3) is 32.7 Å². The van der Waals surface area contributed by atoms with Gasteiger partial charge in [-0.1, -0.05) is 192 Å². The molecule has 13 unspecified atom stereocenters. The van der Waals surface area contributed by atoms with Gasteiger partial charge in [-0.15, -0.1) is 23.7 Å². The minimum absolute atomic E-state index is 0. The Morgan fingerprint density at radius 3 is 1.14 bits per heavy atom. The van der Waals surface area contributed by atoms with Crippen molar-refractivity contribution in [3.8, 4) is 0 Å². The van der Waals surface area contributed by atoms with Crippen LogP contribution in [0.2, 0.25) is 0 Å². The summed E-state index contributed by atoms with van der Waals surface area (Å²) in [6.45, 7) is 37.8. The molecule has 5 aromatic carbocycles. The molecular formula is C85H102Y2-4. The van der Waals surface area contributed by atoms with E-state index < -0.39 is 0 Å². The first kappa shape index (κ1) is 63.3. The Balaban J connectivity index is 0.0000000974. The smallest absolute Gasteiger partial charge is 0 e. The van der Waals surface area contributed by atoms with Gasteiger partial charge in [0.2, 0.25) is 0 Å². The van der Waals surface area contributed by atoms with Crippen molar-refractivity contribution in [2.75, 3.05) is 0 Å². The minimum atomic E-state index is 0. The van der Waals surface area contributed by atoms with Crippen LogP contribution in [0.4, 0.5) is 0 Å². The van der Waals surface area contributed by atoms with Gasteiger partial charge in [0, 0.05) is 65.4 Å². The second-order valence-electron chi connectivity index (χ2n) is 29.2. The van der Waals surface area contributed by atoms with E-state index in [9.17, 15) is 0 Å². The van der Waals surface area contributed by atoms with Crippen LogP contribution in [0.3, 0.4) is 0 Å². The number of fused-ring (bicyclic) bond motifs is 4. The van der Waals surface area contributed by atoms with Crippen molar-refractivity contribution in [1.82, 2.24) is 0 Å². The first-order chi connectivity index (χ1) is 41.9. The summed E-state index contributed by atoms with van der Waals surface area (Å²) in [7, 11) is 0. The van der Waals surface area contributed by atoms with Crippen LogP contribution in [0, 0.1) is 137 Å². The summed E-state index contributed by atoms with van der Waals surface area (Å²) >= 11 is 0. The Morgan fingerprint density at radius 1 is 0.368 bits per heavy atom. The molecule has 5 aromatic rings. The summed E-state index contributed by atoms with van der Waals surface area (Å²) in [6.07, 6.45) is 28.9. The molecule has 16 saturated carbocycles. The van der Waals surface area contributed by atoms with E-state index in [-0.39, 0.29) is 65.4 Å². The third kappa shape index (κ3) is 7.76. The number of hydrogen-bond acceptors (Lipinski definition) is 0. The average molecular weight is 1300 g/mol. The summed E-state index contributed by atoms with van der Waals surface area (Å²) in [5.74, 6) is 19.0. The molecule has 8 bridgehead atoms. The van der Waals surface area contributed by atoms with E-state index in [4.69, 9.17) is 19.7 Å². The van der Waals surface area contributed by atoms with Crippen molar-refractivity contribution in [1.29, 1.82) is 0 Å². The van der Waals surface area contributed by atoms with E-state index in [0.29, 0.717) is 22.7 Å². The largest absolute Gasteiger partial charge is 0.394 e. The van der Waals surface area contributed by atoms with Gasteiger partial charge in [-0.3, -0.25) is 0 Å². The SMILES string of the molecule is CC.CC.CC.CC.CC.[CH-]=C1C(=[CH-])C2CC3CCC4CC1C432.[CH-]=CC1=[C-]C2CC3CCC4CC1C234.[Y].[Y].c1cc2c3c(cccc3c1)C1=C2C2C3CCC2C13.c1cc2c3c(cccc3c1)C1CC3CCC4CC2C431.c1ccc2c(c1)C1C3CCC1C23. The molecule has 0 aromatic heterocycles. The van der Waals surface area contributed by atoms with Crippen LogP contribution in [0.1, 0.15) is 229 Å². The van der Waals surface area contributed by atoms with E-state index in [2.05, 4.69) is 103 Å². The number of hydrogen-bond donors (Lipinski definition) is 0. The predicted molar refractivity (Wildman–Crippen MR) is 357 cm³/mol. The molecule has 0 amide bonds. The molecule has 87 heavy (non-hydrogen) atoms. The van der Waals surface area contributed by atoms with Gasteiger partial charge < -0.3 is 48.6 Å². The fourth-order valence-electron chi connectivity index (χ4n) is 26.5. The zero-order valence-electron chi connectivity index (χ0n) is 55.1. The van der Waals surface area contributed by atoms with E-state index >= 15 is 0 Å². The fraction of sp³-hybridized carbons (Fsp3) is 0.576. The van der Waals surface area contributed by atoms with Crippen molar-refractivity contribution in [3.05, 3.63) is 179 Å². The maximum Gasteiger partial charge on any atom is 0 e. The van der Waals surface area contributed by atoms with Crippen molar-refractivity contribution in [2.24, 2.45) is 111 Å². The molecule has 0 N–H and O–H groups in total. The first-order valence-electron chi connectivity index (χ1n) is 36.3. The van der Waals surface area contributed by atoms with Crippen molar-refractivity contribution in [2.45, 2.75) is 196 Å². The van der Waals surface area contributed by atoms with Crippen LogP contribution in [0.5, 0.6) is 0 Å². The third-order valence-corrected chi connectivity index (χ3v) is 28.8. The van der Waals surface area contributed by atoms with Crippen LogP contribution in [-0.4, -0.2) is 0 Å². The molecule has 0 heterocycles. The molecule has 0 nitrogen and oxygen atoms in total. The van der Waals surface area contributed by atoms with Crippen LogP contribution in [-0.2, 0) is 65.4 Å². The van der Waals surface area contributed by atoms with Gasteiger partial charge in [0.05, 0.1) is 0 Å². The van der Waals surface area contributed by atoms with Gasteiger partial charge in [0.1, 0.15) is 0 Å². The summed E-state index contributed by atoms with van der Waals surface area (Å²) < 4.78 is 0. The molecule has 0 aliphatic heterocycles. The Hall–Kier alpha value is -2.47. The monoisotopic (exact) mass is 1300 g/mol. The first-order valence-corrected chi connectivity index (χ1v) is 36.3. The van der Waals surface area contributed by atoms with Gasteiger partial charge in [0.15, 0.2) is 0 Å². The second kappa shape index (κ2) is 23.8. The number of rotatable bonds is 1. The second-order valence-corrected chi connectivity index (χ2v) is 29.2. The van der Waals surface area contributed by atoms with Gasteiger partial charge in [-0.05, 0) is 254 Å². The summed E-state index contributed by atoms with van der Waals surface area (Å²) in [5.41, 5.74) is 19.1. The standard InChI is InChI=1S/C19H18.C18H14.2C13H14.C12H12.5C2H6.2Y/c1-3-11-4-2-6-15-17-10-13-8-7-12-9-16(19(12,13)17)14(5-1)18(11)15;1-3-9-4-2-6-11-14(9)10(5-1)17-15-12-7-8-13(15)16(12)18(11)17;1-7-8(2)12-6-10-4-3-9-5-11(7)13(9,10)12;1-2-8-5-11-6-9-3-4-10-7-12(8)13(9,10)11;1-2-4-8-7(3-1)11-9-5-6-10(11)12(8)9;5*1-2;;/h1-6,12-13,16-17H,7-10H2;1-6,12-13,15-16H,7-8H2;1-2,9-12H,3-6H2;1-2,9-12H,3-4,6-7H2;1-4,9-12H,5-6H2;5*1-2H3;;/q;;2*-2;;;;;;;;. The molecule has 23 aliphatic carbocycles. The Morgan fingerprint density at radius 2 is 0.713 bits per heavy atom. The molecular weight excluding hydrogens is 1200 g/mol. The Labute approximate surface area is 578 Å². The molecule has 16 fully saturated rings. The predicted octanol–water partition coefficient (Wildman–Crippen LogP) is 22.8. The summed E-state index contributed by atoms with van der Waals surface area (Å²) in [4.78, 5) is 0. The normalized spacial score (nSPS) is 42.2. The third-order valence-electron chi connectivity index (χ3n) is 28.8. The number of allylic oxidation sites excluding steroid dienone is 7. The van der Waals surface area contributed by atoms with Crippen LogP contribution >= 0.6 is 0 Å². The van der Waals surface area contributed by atoms with E-state index in [1.807, 2.05) is 75.3 Å². The van der Waals surface area contributed by atoms with Gasteiger partial charge in [0.25, 0.3) is 0 Å². The number of benzene rings is 5. The molecule has 2 heteroatoms. The van der Waals surface area contributed by atoms with E-state index in [1.54, 1.807) is 55.3 Å². The fourth-order valence-corrected chi connectivity index (χ4v) is 26.5. The van der Waals surface area contributed by atoms with Crippen molar-refractivity contribution >= 4 is 32.7 Å². The molecule has 452 valence electrons. The van der Waals surface area contributed by atoms with Gasteiger partial charge in [-0.2, -0.15) is 0 Å². The Kier molecular flexibility index (Phi) is 17.3. The minimum Gasteiger partial charge on any atom is -0.394 e. The summed E-state index contributed by atoms with van der Waals surface area (Å²) in [5, 5.41) is 6.11.